The van der Waals surface area contributed by atoms with Crippen LogP contribution in [0.15, 0.2) is 30.5 Å². The van der Waals surface area contributed by atoms with Crippen molar-refractivity contribution in [1.82, 2.24) is 4.98 Å². The Hall–Kier alpha value is -2.47. The van der Waals surface area contributed by atoms with Crippen molar-refractivity contribution in [2.45, 2.75) is 0 Å². The van der Waals surface area contributed by atoms with E-state index in [-0.39, 0.29) is 16.9 Å². The number of carbonyl (C=O) groups is 2. The summed E-state index contributed by atoms with van der Waals surface area (Å²) in [6, 6.07) is 5.65. The van der Waals surface area contributed by atoms with E-state index >= 15 is 0 Å². The molecule has 0 atom stereocenters. The SMILES string of the molecule is COc1ccc(C(=O)O)cc1NC(=O)c1cc(Cl)c[nH]1. The number of hydrogen-bond donors (Lipinski definition) is 3. The zero-order chi connectivity index (χ0) is 14.7. The molecule has 3 N–H and O–H groups in total. The standard InChI is InChI=1S/C13H11ClN2O4/c1-20-11-3-2-7(13(18)19)4-9(11)16-12(17)10-5-8(14)6-15-10/h2-6,15H,1H3,(H,16,17)(H,18,19). The molecule has 0 radical (unpaired) electrons. The van der Waals surface area contributed by atoms with E-state index < -0.39 is 11.9 Å². The van der Waals surface area contributed by atoms with Crippen LogP contribution in [-0.2, 0) is 0 Å². The van der Waals surface area contributed by atoms with E-state index in [0.717, 1.165) is 0 Å². The molecule has 0 bridgehead atoms. The van der Waals surface area contributed by atoms with Gasteiger partial charge in [0.05, 0.1) is 23.4 Å². The smallest absolute Gasteiger partial charge is 0.335 e. The van der Waals surface area contributed by atoms with Crippen molar-refractivity contribution in [3.8, 4) is 5.75 Å². The van der Waals surface area contributed by atoms with Gasteiger partial charge in [0.25, 0.3) is 5.91 Å². The second kappa shape index (κ2) is 5.66. The molecular formula is C13H11ClN2O4. The number of ether oxygens (including phenoxy) is 1. The fourth-order valence-corrected chi connectivity index (χ4v) is 1.79. The molecule has 0 spiro atoms. The highest BCUT2D eigenvalue weighted by Crippen LogP contribution is 2.26. The first-order valence-electron chi connectivity index (χ1n) is 5.58. The van der Waals surface area contributed by atoms with Crippen LogP contribution in [0.4, 0.5) is 5.69 Å². The summed E-state index contributed by atoms with van der Waals surface area (Å²) >= 11 is 5.72. The third-order valence-electron chi connectivity index (χ3n) is 2.59. The van der Waals surface area contributed by atoms with Crippen LogP contribution in [0, 0.1) is 0 Å². The second-order valence-corrected chi connectivity index (χ2v) is 4.34. The van der Waals surface area contributed by atoms with Gasteiger partial charge < -0.3 is 20.1 Å². The van der Waals surface area contributed by atoms with Crippen LogP contribution in [0.25, 0.3) is 0 Å². The Kier molecular flexibility index (Phi) is 3.95. The highest BCUT2D eigenvalue weighted by atomic mass is 35.5. The molecule has 1 aromatic carbocycles. The van der Waals surface area contributed by atoms with Gasteiger partial charge in [-0.05, 0) is 24.3 Å². The van der Waals surface area contributed by atoms with Crippen molar-refractivity contribution in [1.29, 1.82) is 0 Å². The van der Waals surface area contributed by atoms with Crippen molar-refractivity contribution in [3.63, 3.8) is 0 Å². The third kappa shape index (κ3) is 2.92. The summed E-state index contributed by atoms with van der Waals surface area (Å²) in [6.45, 7) is 0. The van der Waals surface area contributed by atoms with Gasteiger partial charge in [-0.2, -0.15) is 0 Å². The maximum absolute atomic E-state index is 12.0. The molecule has 2 aromatic rings. The molecule has 0 aliphatic carbocycles. The Balaban J connectivity index is 2.29. The Morgan fingerprint density at radius 2 is 2.10 bits per heavy atom. The van der Waals surface area contributed by atoms with Gasteiger partial charge in [-0.1, -0.05) is 11.6 Å². The summed E-state index contributed by atoms with van der Waals surface area (Å²) in [5.41, 5.74) is 0.575. The van der Waals surface area contributed by atoms with Crippen LogP contribution in [0.1, 0.15) is 20.8 Å². The summed E-state index contributed by atoms with van der Waals surface area (Å²) in [4.78, 5) is 25.6. The number of halogens is 1. The van der Waals surface area contributed by atoms with Crippen molar-refractivity contribution in [2.24, 2.45) is 0 Å². The Morgan fingerprint density at radius 1 is 1.35 bits per heavy atom. The van der Waals surface area contributed by atoms with E-state index in [2.05, 4.69) is 10.3 Å². The van der Waals surface area contributed by atoms with Crippen LogP contribution in [0.2, 0.25) is 5.02 Å². The second-order valence-electron chi connectivity index (χ2n) is 3.91. The number of rotatable bonds is 4. The molecule has 7 heteroatoms. The van der Waals surface area contributed by atoms with Gasteiger partial charge in [0.15, 0.2) is 0 Å². The minimum absolute atomic E-state index is 0.0469. The van der Waals surface area contributed by atoms with E-state index in [4.69, 9.17) is 21.4 Å². The first-order chi connectivity index (χ1) is 9.51. The van der Waals surface area contributed by atoms with Gasteiger partial charge in [-0.15, -0.1) is 0 Å². The van der Waals surface area contributed by atoms with Crippen LogP contribution in [-0.4, -0.2) is 29.1 Å². The number of benzene rings is 1. The molecule has 0 saturated heterocycles. The molecule has 20 heavy (non-hydrogen) atoms. The van der Waals surface area contributed by atoms with Gasteiger partial charge in [0.1, 0.15) is 11.4 Å². The Bertz CT molecular complexity index is 666. The lowest BCUT2D eigenvalue weighted by atomic mass is 10.2. The zero-order valence-corrected chi connectivity index (χ0v) is 11.2. The number of carboxylic acid groups (broad SMARTS) is 1. The van der Waals surface area contributed by atoms with Gasteiger partial charge in [0.2, 0.25) is 0 Å². The Morgan fingerprint density at radius 3 is 2.65 bits per heavy atom. The summed E-state index contributed by atoms with van der Waals surface area (Å²) < 4.78 is 5.08. The average molecular weight is 295 g/mol. The molecule has 2 rings (SSSR count). The van der Waals surface area contributed by atoms with E-state index in [1.165, 1.54) is 37.6 Å². The normalized spacial score (nSPS) is 10.1. The first-order valence-corrected chi connectivity index (χ1v) is 5.95. The maximum Gasteiger partial charge on any atom is 0.335 e. The molecule has 1 heterocycles. The highest BCUT2D eigenvalue weighted by molar-refractivity contribution is 6.31. The molecule has 1 aromatic heterocycles. The minimum Gasteiger partial charge on any atom is -0.495 e. The summed E-state index contributed by atoms with van der Waals surface area (Å²) in [7, 11) is 1.43. The number of H-pyrrole nitrogens is 1. The minimum atomic E-state index is -1.09. The topological polar surface area (TPSA) is 91.4 Å². The number of carbonyl (C=O) groups excluding carboxylic acids is 1. The van der Waals surface area contributed by atoms with E-state index in [9.17, 15) is 9.59 Å². The molecule has 6 nitrogen and oxygen atoms in total. The van der Waals surface area contributed by atoms with Crippen LogP contribution in [0.3, 0.4) is 0 Å². The van der Waals surface area contributed by atoms with E-state index in [1.807, 2.05) is 0 Å². The monoisotopic (exact) mass is 294 g/mol. The maximum atomic E-state index is 12.0. The molecule has 0 unspecified atom stereocenters. The van der Waals surface area contributed by atoms with Gasteiger partial charge in [-0.3, -0.25) is 4.79 Å². The quantitative estimate of drug-likeness (QED) is 0.808. The third-order valence-corrected chi connectivity index (χ3v) is 2.81. The van der Waals surface area contributed by atoms with E-state index in [1.54, 1.807) is 0 Å². The summed E-state index contributed by atoms with van der Waals surface area (Å²) in [5, 5.41) is 11.9. The lowest BCUT2D eigenvalue weighted by molar-refractivity contribution is 0.0696. The fourth-order valence-electron chi connectivity index (χ4n) is 1.63. The lowest BCUT2D eigenvalue weighted by Gasteiger charge is -2.10. The average Bonchev–Trinajstić information content (AvgIpc) is 2.85. The Labute approximate surface area is 119 Å². The molecule has 0 aliphatic rings. The number of carboxylic acids is 1. The molecule has 0 aliphatic heterocycles. The largest absolute Gasteiger partial charge is 0.495 e. The summed E-state index contributed by atoms with van der Waals surface area (Å²) in [5.74, 6) is -1.18. The number of nitrogens with one attached hydrogen (secondary N) is 2. The molecule has 0 saturated carbocycles. The van der Waals surface area contributed by atoms with Crippen LogP contribution in [0.5, 0.6) is 5.75 Å². The summed E-state index contributed by atoms with van der Waals surface area (Å²) in [6.07, 6.45) is 1.47. The lowest BCUT2D eigenvalue weighted by Crippen LogP contribution is -2.13. The number of anilines is 1. The molecule has 104 valence electrons. The van der Waals surface area contributed by atoms with Crippen LogP contribution >= 0.6 is 11.6 Å². The van der Waals surface area contributed by atoms with E-state index in [0.29, 0.717) is 10.8 Å². The number of aromatic carboxylic acids is 1. The number of methoxy groups -OCH3 is 1. The number of hydrogen-bond acceptors (Lipinski definition) is 3. The number of aromatic nitrogens is 1. The predicted octanol–water partition coefficient (Wildman–Crippen LogP) is 2.63. The molecular weight excluding hydrogens is 284 g/mol. The predicted molar refractivity (Wildman–Crippen MR) is 73.7 cm³/mol. The van der Waals surface area contributed by atoms with Gasteiger partial charge >= 0.3 is 5.97 Å². The van der Waals surface area contributed by atoms with Crippen LogP contribution < -0.4 is 10.1 Å². The molecule has 0 fully saturated rings. The first kappa shape index (κ1) is 14.0. The van der Waals surface area contributed by atoms with Crippen molar-refractivity contribution in [2.75, 3.05) is 12.4 Å². The molecule has 1 amide bonds. The number of amides is 1. The van der Waals surface area contributed by atoms with Gasteiger partial charge in [-0.25, -0.2) is 4.79 Å². The van der Waals surface area contributed by atoms with Gasteiger partial charge in [0, 0.05) is 6.20 Å². The number of aromatic amines is 1. The highest BCUT2D eigenvalue weighted by Gasteiger charge is 2.14. The zero-order valence-electron chi connectivity index (χ0n) is 10.4. The van der Waals surface area contributed by atoms with Crippen molar-refractivity contribution < 1.29 is 19.4 Å². The fraction of sp³-hybridized carbons (Fsp3) is 0.0769. The van der Waals surface area contributed by atoms with Crippen molar-refractivity contribution >= 4 is 29.2 Å². The van der Waals surface area contributed by atoms with Crippen molar-refractivity contribution in [3.05, 3.63) is 46.7 Å².